The topological polar surface area (TPSA) is 155 Å². The maximum Gasteiger partial charge on any atom is 0.434 e. The maximum atomic E-state index is 14.5. The number of carboxylic acid groups (broad SMARTS) is 1. The van der Waals surface area contributed by atoms with Gasteiger partial charge in [0.1, 0.15) is 6.10 Å². The summed E-state index contributed by atoms with van der Waals surface area (Å²) < 4.78 is 6.18. The number of carbonyl (C=O) groups excluding carboxylic acids is 3. The Bertz CT molecular complexity index is 2180. The summed E-state index contributed by atoms with van der Waals surface area (Å²) in [5, 5.41) is 27.7. The van der Waals surface area contributed by atoms with Crippen molar-refractivity contribution in [1.29, 1.82) is 0 Å². The van der Waals surface area contributed by atoms with Crippen LogP contribution in [0.5, 0.6) is 0 Å². The lowest BCUT2D eigenvalue weighted by molar-refractivity contribution is 0.0503. The van der Waals surface area contributed by atoms with Crippen LogP contribution >= 0.6 is 0 Å². The van der Waals surface area contributed by atoms with Crippen LogP contribution in [0.1, 0.15) is 33.6 Å². The number of ether oxygens (including phenoxy) is 1. The van der Waals surface area contributed by atoms with Gasteiger partial charge in [-0.3, -0.25) is 9.59 Å². The molecule has 0 unspecified atom stereocenters. The minimum Gasteiger partial charge on any atom is -0.463 e. The third-order valence-corrected chi connectivity index (χ3v) is 10.1. The zero-order valence-electron chi connectivity index (χ0n) is 33.1. The standard InChI is InChI=1S/C46H50N6O7/c1-49(44(55)37-18-12-17-36(33-37)43(54)48-26-25-47-27-32-53)30-31-50-28-23-38(24-29-50)59-46(58)52(42-22-11-9-20-40(42)35-15-6-3-7-16-35)51(45(56)57)41-21-10-8-19-39(41)34-13-4-2-5-14-34/h2-22,33,38,47,53H,23-32H2,1H3,(H,48,54)(H,56,57). The van der Waals surface area contributed by atoms with Crippen LogP contribution in [0.2, 0.25) is 0 Å². The van der Waals surface area contributed by atoms with Gasteiger partial charge in [0, 0.05) is 75.1 Å². The van der Waals surface area contributed by atoms with Crippen LogP contribution in [0.25, 0.3) is 22.3 Å². The van der Waals surface area contributed by atoms with Crippen molar-refractivity contribution in [2.45, 2.75) is 18.9 Å². The van der Waals surface area contributed by atoms with Crippen molar-refractivity contribution in [2.75, 3.05) is 69.5 Å². The molecule has 0 aliphatic carbocycles. The molecule has 59 heavy (non-hydrogen) atoms. The second-order valence-corrected chi connectivity index (χ2v) is 14.1. The molecule has 4 N–H and O–H groups in total. The van der Waals surface area contributed by atoms with Gasteiger partial charge >= 0.3 is 12.2 Å². The van der Waals surface area contributed by atoms with Crippen LogP contribution in [-0.2, 0) is 4.74 Å². The number of aliphatic hydroxyl groups is 1. The lowest BCUT2D eigenvalue weighted by Crippen LogP contribution is -2.52. The zero-order valence-corrected chi connectivity index (χ0v) is 33.1. The predicted octanol–water partition coefficient (Wildman–Crippen LogP) is 6.61. The van der Waals surface area contributed by atoms with Gasteiger partial charge in [-0.25, -0.2) is 9.59 Å². The third-order valence-electron chi connectivity index (χ3n) is 10.1. The summed E-state index contributed by atoms with van der Waals surface area (Å²) in [6, 6.07) is 39.8. The molecule has 0 bridgehead atoms. The molecule has 1 heterocycles. The minimum absolute atomic E-state index is 0.0193. The molecule has 306 valence electrons. The first-order valence-electron chi connectivity index (χ1n) is 19.8. The number of carbonyl (C=O) groups is 4. The SMILES string of the molecule is CN(CCN1CCC(OC(=O)N(c2ccccc2-c2ccccc2)N(C(=O)O)c2ccccc2-c2ccccc2)CC1)C(=O)c1cccc(C(=O)NCCNCCO)c1. The number of likely N-dealkylation sites (N-methyl/N-ethyl adjacent to an activating group) is 1. The van der Waals surface area contributed by atoms with Crippen LogP contribution < -0.4 is 20.7 Å². The maximum absolute atomic E-state index is 14.5. The average Bonchev–Trinajstić information content (AvgIpc) is 3.28. The van der Waals surface area contributed by atoms with E-state index in [0.717, 1.165) is 21.1 Å². The molecule has 1 aliphatic heterocycles. The van der Waals surface area contributed by atoms with Crippen molar-refractivity contribution >= 4 is 35.4 Å². The Labute approximate surface area is 344 Å². The Morgan fingerprint density at radius 1 is 0.695 bits per heavy atom. The number of para-hydroxylation sites is 2. The number of nitrogens with zero attached hydrogens (tertiary/aromatic N) is 4. The van der Waals surface area contributed by atoms with Crippen LogP contribution in [0.4, 0.5) is 21.0 Å². The number of nitrogens with one attached hydrogen (secondary N) is 2. The van der Waals surface area contributed by atoms with Crippen LogP contribution in [0.3, 0.4) is 0 Å². The first-order chi connectivity index (χ1) is 28.7. The van der Waals surface area contributed by atoms with Gasteiger partial charge in [0.05, 0.1) is 18.0 Å². The fourth-order valence-corrected chi connectivity index (χ4v) is 7.04. The van der Waals surface area contributed by atoms with Crippen molar-refractivity contribution in [2.24, 2.45) is 0 Å². The molecule has 1 saturated heterocycles. The third kappa shape index (κ3) is 10.9. The van der Waals surface area contributed by atoms with Crippen LogP contribution in [0.15, 0.2) is 133 Å². The van der Waals surface area contributed by atoms with Crippen molar-refractivity contribution in [3.05, 3.63) is 145 Å². The van der Waals surface area contributed by atoms with Gasteiger partial charge in [-0.1, -0.05) is 103 Å². The molecule has 0 saturated carbocycles. The molecule has 6 rings (SSSR count). The summed E-state index contributed by atoms with van der Waals surface area (Å²) in [6.45, 7) is 3.59. The van der Waals surface area contributed by atoms with E-state index in [0.29, 0.717) is 86.6 Å². The summed E-state index contributed by atoms with van der Waals surface area (Å²) >= 11 is 0. The fourth-order valence-electron chi connectivity index (χ4n) is 7.04. The number of piperidine rings is 1. The van der Waals surface area contributed by atoms with E-state index >= 15 is 0 Å². The first-order valence-corrected chi connectivity index (χ1v) is 19.8. The molecule has 1 fully saturated rings. The van der Waals surface area contributed by atoms with Gasteiger partial charge < -0.3 is 35.4 Å². The van der Waals surface area contributed by atoms with Crippen molar-refractivity contribution in [3.63, 3.8) is 0 Å². The monoisotopic (exact) mass is 798 g/mol. The second-order valence-electron chi connectivity index (χ2n) is 14.1. The second kappa shape index (κ2) is 20.8. The largest absolute Gasteiger partial charge is 0.463 e. The molecule has 4 amide bonds. The lowest BCUT2D eigenvalue weighted by atomic mass is 10.0. The Balaban J connectivity index is 1.13. The Morgan fingerprint density at radius 2 is 1.25 bits per heavy atom. The van der Waals surface area contributed by atoms with E-state index in [1.54, 1.807) is 60.5 Å². The quantitative estimate of drug-likeness (QED) is 0.0677. The number of aliphatic hydroxyl groups excluding tert-OH is 1. The summed E-state index contributed by atoms with van der Waals surface area (Å²) in [4.78, 5) is 57.7. The van der Waals surface area contributed by atoms with E-state index < -0.39 is 18.3 Å². The van der Waals surface area contributed by atoms with E-state index in [1.165, 1.54) is 0 Å². The fraction of sp³-hybridized carbons (Fsp3) is 0.261. The Morgan fingerprint density at radius 3 is 1.85 bits per heavy atom. The number of hydrogen-bond acceptors (Lipinski definition) is 8. The van der Waals surface area contributed by atoms with E-state index in [2.05, 4.69) is 15.5 Å². The molecule has 13 heteroatoms. The van der Waals surface area contributed by atoms with Crippen molar-refractivity contribution in [1.82, 2.24) is 20.4 Å². The van der Waals surface area contributed by atoms with Crippen LogP contribution in [-0.4, -0.2) is 110 Å². The smallest absolute Gasteiger partial charge is 0.434 e. The van der Waals surface area contributed by atoms with Crippen molar-refractivity contribution in [3.8, 4) is 22.3 Å². The number of rotatable bonds is 15. The predicted molar refractivity (Wildman–Crippen MR) is 228 cm³/mol. The number of hydrogen-bond donors (Lipinski definition) is 4. The minimum atomic E-state index is -1.36. The highest BCUT2D eigenvalue weighted by molar-refractivity contribution is 6.06. The summed E-state index contributed by atoms with van der Waals surface area (Å²) in [6.07, 6.45) is -1.64. The van der Waals surface area contributed by atoms with Gasteiger partial charge in [-0.15, -0.1) is 0 Å². The molecule has 0 atom stereocenters. The molecule has 5 aromatic carbocycles. The van der Waals surface area contributed by atoms with Crippen molar-refractivity contribution < 1.29 is 34.1 Å². The van der Waals surface area contributed by atoms with Gasteiger partial charge in [0.15, 0.2) is 0 Å². The van der Waals surface area contributed by atoms with E-state index in [1.807, 2.05) is 84.9 Å². The highest BCUT2D eigenvalue weighted by Crippen LogP contribution is 2.38. The number of hydrazine groups is 1. The lowest BCUT2D eigenvalue weighted by Gasteiger charge is -2.37. The molecule has 0 spiro atoms. The number of anilines is 2. The molecular weight excluding hydrogens is 749 g/mol. The van der Waals surface area contributed by atoms with E-state index in [9.17, 15) is 24.3 Å². The van der Waals surface area contributed by atoms with Gasteiger partial charge in [-0.05, 0) is 54.3 Å². The van der Waals surface area contributed by atoms with E-state index in [-0.39, 0.29) is 24.1 Å². The number of likely N-dealkylation sites (tertiary alicyclic amines) is 1. The summed E-state index contributed by atoms with van der Waals surface area (Å²) in [7, 11) is 1.72. The summed E-state index contributed by atoms with van der Waals surface area (Å²) in [5.41, 5.74) is 4.29. The van der Waals surface area contributed by atoms with Crippen LogP contribution in [0, 0.1) is 0 Å². The highest BCUT2D eigenvalue weighted by Gasteiger charge is 2.36. The molecule has 13 nitrogen and oxygen atoms in total. The molecule has 0 radical (unpaired) electrons. The van der Waals surface area contributed by atoms with E-state index in [4.69, 9.17) is 9.84 Å². The first kappa shape index (κ1) is 42.1. The molecule has 1 aliphatic rings. The normalized spacial score (nSPS) is 13.0. The van der Waals surface area contributed by atoms with Gasteiger partial charge in [0.2, 0.25) is 0 Å². The highest BCUT2D eigenvalue weighted by atomic mass is 16.6. The average molecular weight is 799 g/mol. The number of amides is 4. The number of benzene rings is 5. The zero-order chi connectivity index (χ0) is 41.6. The molecule has 5 aromatic rings. The molecular formula is C46H50N6O7. The molecule has 0 aromatic heterocycles. The van der Waals surface area contributed by atoms with Gasteiger partial charge in [-0.2, -0.15) is 10.0 Å². The Hall–Kier alpha value is -6.54. The van der Waals surface area contributed by atoms with Gasteiger partial charge in [0.25, 0.3) is 11.8 Å². The Kier molecular flexibility index (Phi) is 14.8. The summed E-state index contributed by atoms with van der Waals surface area (Å²) in [5.74, 6) is -0.492.